The Morgan fingerprint density at radius 2 is 1.95 bits per heavy atom. The fraction of sp³-hybridized carbons (Fsp3) is 0.600. The third kappa shape index (κ3) is 2.99. The fourth-order valence-electron chi connectivity index (χ4n) is 2.54. The lowest BCUT2D eigenvalue weighted by molar-refractivity contribution is 0.139. The molecule has 1 saturated carbocycles. The zero-order chi connectivity index (χ0) is 13.9. The van der Waals surface area contributed by atoms with Crippen molar-refractivity contribution in [3.8, 4) is 11.5 Å². The minimum absolute atomic E-state index is 0.591. The van der Waals surface area contributed by atoms with E-state index in [2.05, 4.69) is 4.90 Å². The number of anilines is 1. The predicted octanol–water partition coefficient (Wildman–Crippen LogP) is 1.65. The van der Waals surface area contributed by atoms with Crippen LogP contribution in [0.25, 0.3) is 0 Å². The molecule has 2 N–H and O–H groups in total. The van der Waals surface area contributed by atoms with Gasteiger partial charge < -0.3 is 19.9 Å². The van der Waals surface area contributed by atoms with Gasteiger partial charge in [0.15, 0.2) is 11.5 Å². The summed E-state index contributed by atoms with van der Waals surface area (Å²) in [6, 6.07) is 4.58. The molecule has 5 heteroatoms. The number of nitrogens with two attached hydrogens (primary N) is 1. The quantitative estimate of drug-likeness (QED) is 0.802. The lowest BCUT2D eigenvalue weighted by Gasteiger charge is -2.24. The van der Waals surface area contributed by atoms with Crippen LogP contribution >= 0.6 is 0 Å². The number of nitrogen functional groups attached to an aromatic ring is 1. The number of fused-ring (bicyclic) bond motifs is 1. The van der Waals surface area contributed by atoms with Gasteiger partial charge in [0.25, 0.3) is 0 Å². The summed E-state index contributed by atoms with van der Waals surface area (Å²) in [4.78, 5) is 2.44. The molecule has 1 aliphatic carbocycles. The molecule has 1 aliphatic heterocycles. The van der Waals surface area contributed by atoms with E-state index < -0.39 is 0 Å². The average molecular weight is 278 g/mol. The molecule has 1 aromatic carbocycles. The molecule has 0 spiro atoms. The van der Waals surface area contributed by atoms with E-state index in [1.165, 1.54) is 12.8 Å². The first-order chi connectivity index (χ1) is 9.78. The maximum Gasteiger partial charge on any atom is 0.163 e. The molecule has 2 aliphatic rings. The van der Waals surface area contributed by atoms with Gasteiger partial charge in [-0.1, -0.05) is 0 Å². The van der Waals surface area contributed by atoms with E-state index in [9.17, 15) is 0 Å². The maximum absolute atomic E-state index is 6.15. The molecule has 0 radical (unpaired) electrons. The molecular weight excluding hydrogens is 256 g/mol. The van der Waals surface area contributed by atoms with E-state index in [-0.39, 0.29) is 0 Å². The number of benzene rings is 1. The Bertz CT molecular complexity index is 474. The van der Waals surface area contributed by atoms with Crippen LogP contribution in [0.15, 0.2) is 12.1 Å². The smallest absolute Gasteiger partial charge is 0.163 e. The predicted molar refractivity (Wildman–Crippen MR) is 77.2 cm³/mol. The van der Waals surface area contributed by atoms with Crippen LogP contribution in [-0.4, -0.2) is 44.4 Å². The van der Waals surface area contributed by atoms with Crippen molar-refractivity contribution < 1.29 is 14.2 Å². The third-order valence-electron chi connectivity index (χ3n) is 3.82. The molecule has 1 fully saturated rings. The Kier molecular flexibility index (Phi) is 3.98. The number of ether oxygens (including phenoxy) is 3. The molecule has 0 bridgehead atoms. The average Bonchev–Trinajstić information content (AvgIpc) is 3.28. The summed E-state index contributed by atoms with van der Waals surface area (Å²) in [6.07, 6.45) is 2.54. The van der Waals surface area contributed by atoms with Crippen molar-refractivity contribution in [2.75, 3.05) is 39.2 Å². The Labute approximate surface area is 119 Å². The molecule has 1 aromatic rings. The van der Waals surface area contributed by atoms with Gasteiger partial charge in [-0.25, -0.2) is 0 Å². The minimum atomic E-state index is 0.591. The third-order valence-corrected chi connectivity index (χ3v) is 3.82. The van der Waals surface area contributed by atoms with Gasteiger partial charge in [0.05, 0.1) is 6.61 Å². The first-order valence-corrected chi connectivity index (χ1v) is 7.19. The number of hydrogen-bond donors (Lipinski definition) is 1. The number of hydrogen-bond acceptors (Lipinski definition) is 5. The van der Waals surface area contributed by atoms with E-state index in [0.717, 1.165) is 42.4 Å². The van der Waals surface area contributed by atoms with Crippen LogP contribution < -0.4 is 15.2 Å². The van der Waals surface area contributed by atoms with Gasteiger partial charge in [0.1, 0.15) is 13.2 Å². The lowest BCUT2D eigenvalue weighted by atomic mass is 10.1. The van der Waals surface area contributed by atoms with E-state index in [4.69, 9.17) is 19.9 Å². The summed E-state index contributed by atoms with van der Waals surface area (Å²) in [7, 11) is 1.74. The van der Waals surface area contributed by atoms with Crippen LogP contribution in [0.3, 0.4) is 0 Å². The molecule has 1 heterocycles. The van der Waals surface area contributed by atoms with E-state index >= 15 is 0 Å². The molecular formula is C15H22N2O3. The van der Waals surface area contributed by atoms with Crippen molar-refractivity contribution in [1.29, 1.82) is 0 Å². The van der Waals surface area contributed by atoms with Gasteiger partial charge in [-0.2, -0.15) is 0 Å². The molecule has 0 amide bonds. The molecule has 3 rings (SSSR count). The van der Waals surface area contributed by atoms with E-state index in [1.54, 1.807) is 7.11 Å². The summed E-state index contributed by atoms with van der Waals surface area (Å²) in [5.41, 5.74) is 8.03. The van der Waals surface area contributed by atoms with Crippen molar-refractivity contribution in [2.24, 2.45) is 0 Å². The standard InChI is InChI=1S/C15H22N2O3/c1-18-5-4-17(12-2-3-12)10-11-8-14-15(9-13(11)16)20-7-6-19-14/h8-9,12H,2-7,10,16H2,1H3. The molecule has 110 valence electrons. The summed E-state index contributed by atoms with van der Waals surface area (Å²) >= 11 is 0. The highest BCUT2D eigenvalue weighted by Crippen LogP contribution is 2.36. The molecule has 0 saturated heterocycles. The van der Waals surface area contributed by atoms with E-state index in [0.29, 0.717) is 19.3 Å². The Hall–Kier alpha value is -1.46. The van der Waals surface area contributed by atoms with Gasteiger partial charge in [-0.05, 0) is 24.5 Å². The summed E-state index contributed by atoms with van der Waals surface area (Å²) in [5, 5.41) is 0. The zero-order valence-electron chi connectivity index (χ0n) is 11.9. The molecule has 5 nitrogen and oxygen atoms in total. The van der Waals surface area contributed by atoms with Crippen molar-refractivity contribution in [3.63, 3.8) is 0 Å². The number of methoxy groups -OCH3 is 1. The second-order valence-corrected chi connectivity index (χ2v) is 5.39. The van der Waals surface area contributed by atoms with Crippen LogP contribution in [0, 0.1) is 0 Å². The van der Waals surface area contributed by atoms with Crippen LogP contribution in [0.2, 0.25) is 0 Å². The summed E-state index contributed by atoms with van der Waals surface area (Å²) in [6.45, 7) is 3.73. The highest BCUT2D eigenvalue weighted by molar-refractivity contribution is 5.58. The molecule has 0 aromatic heterocycles. The minimum Gasteiger partial charge on any atom is -0.486 e. The van der Waals surface area contributed by atoms with Crippen molar-refractivity contribution in [2.45, 2.75) is 25.4 Å². The number of rotatable bonds is 6. The number of nitrogens with zero attached hydrogens (tertiary/aromatic N) is 1. The molecule has 20 heavy (non-hydrogen) atoms. The van der Waals surface area contributed by atoms with Crippen molar-refractivity contribution in [1.82, 2.24) is 4.90 Å². The van der Waals surface area contributed by atoms with Gasteiger partial charge in [0, 0.05) is 38.0 Å². The first-order valence-electron chi connectivity index (χ1n) is 7.19. The fourth-order valence-corrected chi connectivity index (χ4v) is 2.54. The normalized spacial score (nSPS) is 17.5. The second-order valence-electron chi connectivity index (χ2n) is 5.39. The summed E-state index contributed by atoms with van der Waals surface area (Å²) in [5.74, 6) is 1.57. The second kappa shape index (κ2) is 5.89. The van der Waals surface area contributed by atoms with Crippen LogP contribution in [0.1, 0.15) is 18.4 Å². The Morgan fingerprint density at radius 3 is 2.60 bits per heavy atom. The van der Waals surface area contributed by atoms with Crippen LogP contribution in [-0.2, 0) is 11.3 Å². The maximum atomic E-state index is 6.15. The van der Waals surface area contributed by atoms with Gasteiger partial charge in [-0.15, -0.1) is 0 Å². The van der Waals surface area contributed by atoms with Crippen LogP contribution in [0.5, 0.6) is 11.5 Å². The zero-order valence-corrected chi connectivity index (χ0v) is 11.9. The lowest BCUT2D eigenvalue weighted by Crippen LogP contribution is -2.29. The Balaban J connectivity index is 1.75. The molecule has 0 unspecified atom stereocenters. The van der Waals surface area contributed by atoms with Gasteiger partial charge >= 0.3 is 0 Å². The highest BCUT2D eigenvalue weighted by Gasteiger charge is 2.29. The van der Waals surface area contributed by atoms with Crippen molar-refractivity contribution >= 4 is 5.69 Å². The van der Waals surface area contributed by atoms with Gasteiger partial charge in [0.2, 0.25) is 0 Å². The van der Waals surface area contributed by atoms with Crippen LogP contribution in [0.4, 0.5) is 5.69 Å². The Morgan fingerprint density at radius 1 is 1.25 bits per heavy atom. The van der Waals surface area contributed by atoms with Gasteiger partial charge in [-0.3, -0.25) is 4.90 Å². The largest absolute Gasteiger partial charge is 0.486 e. The summed E-state index contributed by atoms with van der Waals surface area (Å²) < 4.78 is 16.4. The molecule has 0 atom stereocenters. The van der Waals surface area contributed by atoms with Crippen molar-refractivity contribution in [3.05, 3.63) is 17.7 Å². The first kappa shape index (κ1) is 13.5. The topological polar surface area (TPSA) is 57.0 Å². The SMILES string of the molecule is COCCN(Cc1cc2c(cc1N)OCCO2)C1CC1. The monoisotopic (exact) mass is 278 g/mol. The van der Waals surface area contributed by atoms with E-state index in [1.807, 2.05) is 12.1 Å². The highest BCUT2D eigenvalue weighted by atomic mass is 16.6.